The molecule has 0 spiro atoms. The fourth-order valence-electron chi connectivity index (χ4n) is 0.939. The van der Waals surface area contributed by atoms with Crippen LogP contribution in [0.25, 0.3) is 10.1 Å². The standard InChI is InChI=1S/C8H6NS/c1-6-5-10-8-2-3-9-4-7(6)8/h2-4H,1H3. The maximum atomic E-state index is 4.03. The van der Waals surface area contributed by atoms with Crippen LogP contribution in [0, 0.1) is 12.3 Å². The van der Waals surface area contributed by atoms with E-state index in [1.807, 2.05) is 18.5 Å². The van der Waals surface area contributed by atoms with Gasteiger partial charge in [0.25, 0.3) is 0 Å². The highest BCUT2D eigenvalue weighted by molar-refractivity contribution is 7.16. The SMILES string of the molecule is Cc1[c]sc2ccncc12. The van der Waals surface area contributed by atoms with Gasteiger partial charge in [0.15, 0.2) is 0 Å². The third-order valence-corrected chi connectivity index (χ3v) is 2.48. The molecule has 0 aliphatic heterocycles. The molecular weight excluding hydrogens is 142 g/mol. The van der Waals surface area contributed by atoms with Crippen molar-refractivity contribution < 1.29 is 0 Å². The van der Waals surface area contributed by atoms with Crippen LogP contribution < -0.4 is 0 Å². The topological polar surface area (TPSA) is 12.9 Å². The lowest BCUT2D eigenvalue weighted by Gasteiger charge is -1.85. The van der Waals surface area contributed by atoms with Crippen LogP contribution in [-0.2, 0) is 0 Å². The van der Waals surface area contributed by atoms with Crippen molar-refractivity contribution in [1.82, 2.24) is 4.98 Å². The molecule has 0 saturated heterocycles. The average Bonchev–Trinajstić information content (AvgIpc) is 2.34. The van der Waals surface area contributed by atoms with E-state index in [1.54, 1.807) is 11.3 Å². The summed E-state index contributed by atoms with van der Waals surface area (Å²) in [6.07, 6.45) is 3.70. The van der Waals surface area contributed by atoms with Gasteiger partial charge in [0.2, 0.25) is 0 Å². The molecule has 0 bridgehead atoms. The van der Waals surface area contributed by atoms with Crippen molar-refractivity contribution in [3.8, 4) is 0 Å². The predicted molar refractivity (Wildman–Crippen MR) is 43.2 cm³/mol. The van der Waals surface area contributed by atoms with Gasteiger partial charge >= 0.3 is 0 Å². The van der Waals surface area contributed by atoms with E-state index in [-0.39, 0.29) is 0 Å². The largest absolute Gasteiger partial charge is 0.264 e. The van der Waals surface area contributed by atoms with Gasteiger partial charge in [-0.15, -0.1) is 11.3 Å². The quantitative estimate of drug-likeness (QED) is 0.559. The lowest BCUT2D eigenvalue weighted by Crippen LogP contribution is -1.69. The molecule has 0 aromatic carbocycles. The zero-order valence-corrected chi connectivity index (χ0v) is 6.40. The first kappa shape index (κ1) is 5.86. The van der Waals surface area contributed by atoms with Crippen LogP contribution in [0.2, 0.25) is 0 Å². The molecule has 2 aromatic rings. The Morgan fingerprint density at radius 2 is 2.50 bits per heavy atom. The number of hydrogen-bond donors (Lipinski definition) is 0. The van der Waals surface area contributed by atoms with Gasteiger partial charge in [-0.1, -0.05) is 0 Å². The van der Waals surface area contributed by atoms with Crippen molar-refractivity contribution in [2.24, 2.45) is 0 Å². The minimum absolute atomic E-state index is 1.20. The Morgan fingerprint density at radius 3 is 3.30 bits per heavy atom. The summed E-state index contributed by atoms with van der Waals surface area (Å²) in [7, 11) is 0. The van der Waals surface area contributed by atoms with Crippen molar-refractivity contribution in [3.63, 3.8) is 0 Å². The van der Waals surface area contributed by atoms with Gasteiger partial charge in [-0.2, -0.15) is 0 Å². The fourth-order valence-corrected chi connectivity index (χ4v) is 1.76. The molecule has 0 atom stereocenters. The van der Waals surface area contributed by atoms with E-state index in [1.165, 1.54) is 15.6 Å². The summed E-state index contributed by atoms with van der Waals surface area (Å²) >= 11 is 1.65. The number of nitrogens with zero attached hydrogens (tertiary/aromatic N) is 1. The molecule has 1 radical (unpaired) electrons. The van der Waals surface area contributed by atoms with Gasteiger partial charge in [-0.05, 0) is 18.6 Å². The zero-order valence-electron chi connectivity index (χ0n) is 5.59. The minimum atomic E-state index is 1.20. The second kappa shape index (κ2) is 2.06. The molecule has 0 unspecified atom stereocenters. The number of fused-ring (bicyclic) bond motifs is 1. The third-order valence-electron chi connectivity index (χ3n) is 1.50. The van der Waals surface area contributed by atoms with Crippen LogP contribution in [0.3, 0.4) is 0 Å². The lowest BCUT2D eigenvalue weighted by atomic mass is 10.2. The van der Waals surface area contributed by atoms with Crippen LogP contribution in [0.4, 0.5) is 0 Å². The number of aromatic nitrogens is 1. The molecule has 2 heterocycles. The summed E-state index contributed by atoms with van der Waals surface area (Å²) in [5.41, 5.74) is 1.20. The highest BCUT2D eigenvalue weighted by Gasteiger charge is 1.96. The van der Waals surface area contributed by atoms with Gasteiger partial charge in [0.1, 0.15) is 0 Å². The zero-order chi connectivity index (χ0) is 6.97. The van der Waals surface area contributed by atoms with Gasteiger partial charge in [0, 0.05) is 27.9 Å². The van der Waals surface area contributed by atoms with Crippen LogP contribution >= 0.6 is 11.3 Å². The fraction of sp³-hybridized carbons (Fsp3) is 0.125. The minimum Gasteiger partial charge on any atom is -0.264 e. The first-order valence-corrected chi connectivity index (χ1v) is 3.90. The van der Waals surface area contributed by atoms with E-state index in [4.69, 9.17) is 0 Å². The van der Waals surface area contributed by atoms with Crippen molar-refractivity contribution in [1.29, 1.82) is 0 Å². The lowest BCUT2D eigenvalue weighted by molar-refractivity contribution is 1.36. The number of thiophene rings is 1. The van der Waals surface area contributed by atoms with Crippen LogP contribution in [-0.4, -0.2) is 4.98 Å². The molecule has 0 aliphatic rings. The smallest absolute Gasteiger partial charge is 0.0488 e. The van der Waals surface area contributed by atoms with Gasteiger partial charge < -0.3 is 0 Å². The highest BCUT2D eigenvalue weighted by atomic mass is 32.1. The van der Waals surface area contributed by atoms with Gasteiger partial charge in [0.05, 0.1) is 0 Å². The Bertz CT molecular complexity index is 351. The maximum absolute atomic E-state index is 4.03. The van der Waals surface area contributed by atoms with Crippen LogP contribution in [0.5, 0.6) is 0 Å². The highest BCUT2D eigenvalue weighted by Crippen LogP contribution is 2.22. The molecule has 10 heavy (non-hydrogen) atoms. The number of rotatable bonds is 0. The summed E-state index contributed by atoms with van der Waals surface area (Å²) in [6.45, 7) is 2.06. The van der Waals surface area contributed by atoms with Crippen LogP contribution in [0.1, 0.15) is 5.56 Å². The van der Waals surface area contributed by atoms with Gasteiger partial charge in [-0.3, -0.25) is 4.98 Å². The molecule has 2 aromatic heterocycles. The normalized spacial score (nSPS) is 10.5. The molecule has 1 nitrogen and oxygen atoms in total. The third kappa shape index (κ3) is 0.727. The Labute approximate surface area is 63.3 Å². The molecule has 0 amide bonds. The second-order valence-corrected chi connectivity index (χ2v) is 3.05. The summed E-state index contributed by atoms with van der Waals surface area (Å²) < 4.78 is 1.27. The van der Waals surface area contributed by atoms with Crippen molar-refractivity contribution in [2.75, 3.05) is 0 Å². The first-order valence-electron chi connectivity index (χ1n) is 3.09. The molecule has 0 fully saturated rings. The summed E-state index contributed by atoms with van der Waals surface area (Å²) in [5.74, 6) is 0. The monoisotopic (exact) mass is 148 g/mol. The Kier molecular flexibility index (Phi) is 1.21. The number of hydrogen-bond acceptors (Lipinski definition) is 2. The Morgan fingerprint density at radius 1 is 1.60 bits per heavy atom. The van der Waals surface area contributed by atoms with Crippen molar-refractivity contribution >= 4 is 21.4 Å². The van der Waals surface area contributed by atoms with E-state index in [0.29, 0.717) is 0 Å². The van der Waals surface area contributed by atoms with E-state index in [9.17, 15) is 0 Å². The van der Waals surface area contributed by atoms with Crippen LogP contribution in [0.15, 0.2) is 18.5 Å². The van der Waals surface area contributed by atoms with Crippen molar-refractivity contribution in [3.05, 3.63) is 29.4 Å². The average molecular weight is 148 g/mol. The molecule has 0 aliphatic carbocycles. The molecule has 0 N–H and O–H groups in total. The van der Waals surface area contributed by atoms with E-state index in [0.717, 1.165) is 0 Å². The molecule has 2 rings (SSSR count). The van der Waals surface area contributed by atoms with E-state index in [2.05, 4.69) is 17.3 Å². The summed E-state index contributed by atoms with van der Waals surface area (Å²) in [4.78, 5) is 4.03. The maximum Gasteiger partial charge on any atom is 0.0488 e. The molecule has 49 valence electrons. The molecule has 2 heteroatoms. The van der Waals surface area contributed by atoms with E-state index >= 15 is 0 Å². The Balaban J connectivity index is 2.93. The second-order valence-electron chi connectivity index (χ2n) is 2.20. The van der Waals surface area contributed by atoms with Gasteiger partial charge in [-0.25, -0.2) is 0 Å². The van der Waals surface area contributed by atoms with Crippen molar-refractivity contribution in [2.45, 2.75) is 6.92 Å². The summed E-state index contributed by atoms with van der Waals surface area (Å²) in [5, 5.41) is 4.41. The predicted octanol–water partition coefficient (Wildman–Crippen LogP) is 2.40. The molecule has 0 saturated carbocycles. The molecular formula is C8H6NS. The summed E-state index contributed by atoms with van der Waals surface area (Å²) in [6, 6.07) is 2.02. The Hall–Kier alpha value is -0.890. The number of aryl methyl sites for hydroxylation is 1. The number of pyridine rings is 1. The van der Waals surface area contributed by atoms with E-state index < -0.39 is 0 Å². The first-order chi connectivity index (χ1) is 4.88.